The van der Waals surface area contributed by atoms with E-state index in [0.717, 1.165) is 24.2 Å². The minimum atomic E-state index is -0.312. The predicted molar refractivity (Wildman–Crippen MR) is 119 cm³/mol. The lowest BCUT2D eigenvalue weighted by atomic mass is 9.93. The number of hydrogen-bond donors (Lipinski definition) is 5. The first kappa shape index (κ1) is 21.1. The molecule has 1 aliphatic carbocycles. The Balaban J connectivity index is 1.57. The predicted octanol–water partition coefficient (Wildman–Crippen LogP) is 3.68. The van der Waals surface area contributed by atoms with Crippen molar-refractivity contribution >= 4 is 40.6 Å². The quantitative estimate of drug-likeness (QED) is 0.394. The molecule has 2 aromatic heterocycles. The molecule has 2 heterocycles. The third-order valence-corrected chi connectivity index (χ3v) is 5.34. The first-order chi connectivity index (χ1) is 15.0. The highest BCUT2D eigenvalue weighted by atomic mass is 35.5. The van der Waals surface area contributed by atoms with Gasteiger partial charge in [0.1, 0.15) is 0 Å². The topological polar surface area (TPSA) is 128 Å². The Morgan fingerprint density at radius 3 is 2.55 bits per heavy atom. The van der Waals surface area contributed by atoms with Crippen LogP contribution < -0.4 is 16.0 Å². The van der Waals surface area contributed by atoms with Gasteiger partial charge in [0, 0.05) is 28.5 Å². The second kappa shape index (κ2) is 9.32. The van der Waals surface area contributed by atoms with Crippen molar-refractivity contribution in [3.8, 4) is 0 Å². The highest BCUT2D eigenvalue weighted by Crippen LogP contribution is 2.24. The largest absolute Gasteiger partial charge is 0.393 e. The van der Waals surface area contributed by atoms with Gasteiger partial charge in [-0.2, -0.15) is 5.10 Å². The fourth-order valence-electron chi connectivity index (χ4n) is 3.46. The fourth-order valence-corrected chi connectivity index (χ4v) is 3.59. The number of amides is 1. The number of nitrogens with zero attached hydrogens (tertiary/aromatic N) is 3. The number of nitrogens with one attached hydrogen (secondary N) is 4. The Kier molecular flexibility index (Phi) is 6.34. The third-order valence-electron chi connectivity index (χ3n) is 5.09. The van der Waals surface area contributed by atoms with E-state index < -0.39 is 0 Å². The van der Waals surface area contributed by atoms with Gasteiger partial charge in [0.05, 0.1) is 12.3 Å². The molecule has 1 aliphatic rings. The molecule has 0 atom stereocenters. The molecule has 0 unspecified atom stereocenters. The Bertz CT molecular complexity index is 1050. The summed E-state index contributed by atoms with van der Waals surface area (Å²) < 4.78 is 0. The van der Waals surface area contributed by atoms with Crippen molar-refractivity contribution in [3.05, 3.63) is 52.9 Å². The number of H-pyrrole nitrogens is 1. The maximum atomic E-state index is 13.0. The molecule has 0 aliphatic heterocycles. The third kappa shape index (κ3) is 5.50. The zero-order chi connectivity index (χ0) is 21.8. The lowest BCUT2D eigenvalue weighted by Gasteiger charge is -2.26. The normalized spacial score (nSPS) is 18.4. The van der Waals surface area contributed by atoms with Crippen molar-refractivity contribution in [1.82, 2.24) is 25.5 Å². The minimum Gasteiger partial charge on any atom is -0.393 e. The second-order valence-electron chi connectivity index (χ2n) is 7.62. The summed E-state index contributed by atoms with van der Waals surface area (Å²) in [6.45, 7) is 1.90. The maximum Gasteiger partial charge on any atom is 0.273 e. The number of aliphatic hydroxyl groups is 1. The first-order valence-electron chi connectivity index (χ1n) is 10.1. The van der Waals surface area contributed by atoms with E-state index in [2.05, 4.69) is 36.1 Å². The summed E-state index contributed by atoms with van der Waals surface area (Å²) >= 11 is 5.97. The molecule has 5 N–H and O–H groups in total. The lowest BCUT2D eigenvalue weighted by molar-refractivity contribution is 0.0864. The van der Waals surface area contributed by atoms with Crippen LogP contribution in [0.25, 0.3) is 0 Å². The van der Waals surface area contributed by atoms with Crippen LogP contribution in [0.1, 0.15) is 41.9 Å². The lowest BCUT2D eigenvalue weighted by Crippen LogP contribution is -2.39. The number of aliphatic hydroxyl groups excluding tert-OH is 1. The van der Waals surface area contributed by atoms with Crippen LogP contribution in [-0.2, 0) is 0 Å². The molecule has 162 valence electrons. The molecule has 1 saturated carbocycles. The van der Waals surface area contributed by atoms with E-state index in [-0.39, 0.29) is 23.7 Å². The molecule has 0 spiro atoms. The molecule has 3 aromatic rings. The van der Waals surface area contributed by atoms with Crippen LogP contribution in [0.15, 0.2) is 36.5 Å². The highest BCUT2D eigenvalue weighted by Gasteiger charge is 2.24. The van der Waals surface area contributed by atoms with Crippen LogP contribution >= 0.6 is 11.6 Å². The van der Waals surface area contributed by atoms with Crippen molar-refractivity contribution in [2.24, 2.45) is 0 Å². The molecule has 0 radical (unpaired) electrons. The van der Waals surface area contributed by atoms with Gasteiger partial charge in [-0.15, -0.1) is 0 Å². The minimum absolute atomic E-state index is 0.00548. The molecule has 4 rings (SSSR count). The Morgan fingerprint density at radius 2 is 1.87 bits per heavy atom. The van der Waals surface area contributed by atoms with Crippen molar-refractivity contribution in [3.63, 3.8) is 0 Å². The Hall–Kier alpha value is -3.17. The van der Waals surface area contributed by atoms with Gasteiger partial charge in [0.2, 0.25) is 0 Å². The van der Waals surface area contributed by atoms with Gasteiger partial charge in [-0.25, -0.2) is 9.97 Å². The maximum absolute atomic E-state index is 13.0. The molecular weight excluding hydrogens is 418 g/mol. The monoisotopic (exact) mass is 441 g/mol. The average molecular weight is 442 g/mol. The number of aromatic nitrogens is 4. The van der Waals surface area contributed by atoms with E-state index in [9.17, 15) is 9.90 Å². The van der Waals surface area contributed by atoms with E-state index in [1.807, 2.05) is 13.0 Å². The smallest absolute Gasteiger partial charge is 0.273 e. The number of hydrogen-bond acceptors (Lipinski definition) is 7. The summed E-state index contributed by atoms with van der Waals surface area (Å²) in [4.78, 5) is 21.9. The Morgan fingerprint density at radius 1 is 1.13 bits per heavy atom. The van der Waals surface area contributed by atoms with Gasteiger partial charge in [-0.05, 0) is 56.9 Å². The van der Waals surface area contributed by atoms with E-state index >= 15 is 0 Å². The van der Waals surface area contributed by atoms with Gasteiger partial charge in [-0.3, -0.25) is 9.89 Å². The summed E-state index contributed by atoms with van der Waals surface area (Å²) in [5.41, 5.74) is 1.81. The van der Waals surface area contributed by atoms with Crippen LogP contribution in [0, 0.1) is 6.92 Å². The van der Waals surface area contributed by atoms with E-state index in [4.69, 9.17) is 11.6 Å². The van der Waals surface area contributed by atoms with Gasteiger partial charge < -0.3 is 21.1 Å². The van der Waals surface area contributed by atoms with Gasteiger partial charge >= 0.3 is 0 Å². The molecule has 1 amide bonds. The van der Waals surface area contributed by atoms with Crippen molar-refractivity contribution in [1.29, 1.82) is 0 Å². The number of rotatable bonds is 6. The number of aryl methyl sites for hydroxylation is 1. The van der Waals surface area contributed by atoms with Crippen molar-refractivity contribution < 1.29 is 9.90 Å². The zero-order valence-electron chi connectivity index (χ0n) is 17.0. The molecular formula is C21H24ClN7O2. The van der Waals surface area contributed by atoms with Crippen LogP contribution in [0.2, 0.25) is 5.02 Å². The fraction of sp³-hybridized carbons (Fsp3) is 0.333. The van der Waals surface area contributed by atoms with Crippen LogP contribution in [0.4, 0.5) is 23.1 Å². The SMILES string of the molecule is Cc1cc(Nc2cnc(C(=O)NC3CCC(O)CC3)c(Nc3ccc(Cl)cc3)n2)n[nH]1. The first-order valence-corrected chi connectivity index (χ1v) is 10.5. The number of halogens is 1. The molecule has 1 fully saturated rings. The van der Waals surface area contributed by atoms with Gasteiger partial charge in [0.15, 0.2) is 23.1 Å². The number of anilines is 4. The summed E-state index contributed by atoms with van der Waals surface area (Å²) in [5, 5.41) is 26.5. The number of benzene rings is 1. The summed E-state index contributed by atoms with van der Waals surface area (Å²) in [6.07, 6.45) is 4.04. The molecule has 9 nitrogen and oxygen atoms in total. The second-order valence-corrected chi connectivity index (χ2v) is 8.06. The molecule has 0 saturated heterocycles. The summed E-state index contributed by atoms with van der Waals surface area (Å²) in [6, 6.07) is 8.94. The van der Waals surface area contributed by atoms with E-state index in [1.165, 1.54) is 6.20 Å². The number of carbonyl (C=O) groups is 1. The van der Waals surface area contributed by atoms with Crippen LogP contribution in [0.5, 0.6) is 0 Å². The average Bonchev–Trinajstić information content (AvgIpc) is 3.16. The highest BCUT2D eigenvalue weighted by molar-refractivity contribution is 6.30. The number of carbonyl (C=O) groups excluding carboxylic acids is 1. The summed E-state index contributed by atoms with van der Waals surface area (Å²) in [7, 11) is 0. The molecule has 10 heteroatoms. The van der Waals surface area contributed by atoms with Gasteiger partial charge in [-0.1, -0.05) is 11.6 Å². The van der Waals surface area contributed by atoms with Crippen molar-refractivity contribution in [2.45, 2.75) is 44.8 Å². The summed E-state index contributed by atoms with van der Waals surface area (Å²) in [5.74, 6) is 1.04. The molecule has 0 bridgehead atoms. The standard InChI is InChI=1S/C21H24ClN7O2/c1-12-10-17(29-28-12)26-18-11-23-19(21(31)25-15-6-8-16(30)9-7-15)20(27-18)24-14-4-2-13(22)3-5-14/h2-5,10-11,15-16,30H,6-9H2,1H3,(H,25,31)(H3,24,26,27,28,29). The number of aromatic amines is 1. The van der Waals surface area contributed by atoms with Crippen molar-refractivity contribution in [2.75, 3.05) is 10.6 Å². The van der Waals surface area contributed by atoms with Crippen LogP contribution in [-0.4, -0.2) is 43.3 Å². The zero-order valence-corrected chi connectivity index (χ0v) is 17.8. The molecule has 1 aromatic carbocycles. The van der Waals surface area contributed by atoms with E-state index in [1.54, 1.807) is 24.3 Å². The van der Waals surface area contributed by atoms with Gasteiger partial charge in [0.25, 0.3) is 5.91 Å². The van der Waals surface area contributed by atoms with Crippen LogP contribution in [0.3, 0.4) is 0 Å². The van der Waals surface area contributed by atoms with E-state index in [0.29, 0.717) is 35.3 Å². The molecule has 31 heavy (non-hydrogen) atoms. The Labute approximate surface area is 184 Å².